The van der Waals surface area contributed by atoms with Crippen molar-refractivity contribution < 1.29 is 27.9 Å². The maximum atomic E-state index is 14.3. The molecule has 2 aromatic carbocycles. The van der Waals surface area contributed by atoms with E-state index in [9.17, 15) is 27.9 Å². The number of hydrogen-bond donors (Lipinski definition) is 2. The summed E-state index contributed by atoms with van der Waals surface area (Å²) in [5, 5.41) is 13.9. The fraction of sp³-hybridized carbons (Fsp3) is 0.333. The second-order valence-corrected chi connectivity index (χ2v) is 11.2. The zero-order chi connectivity index (χ0) is 29.4. The first kappa shape index (κ1) is 26.8. The maximum Gasteiger partial charge on any atom is 0.417 e. The molecule has 0 radical (unpaired) electrons. The number of amides is 1. The number of rotatable bonds is 6. The lowest BCUT2D eigenvalue weighted by molar-refractivity contribution is -0.137. The van der Waals surface area contributed by atoms with Crippen LogP contribution in [0.25, 0.3) is 28.0 Å². The van der Waals surface area contributed by atoms with Crippen molar-refractivity contribution in [3.05, 3.63) is 70.4 Å². The summed E-state index contributed by atoms with van der Waals surface area (Å²) in [7, 11) is 0. The number of fused-ring (bicyclic) bond motifs is 2. The van der Waals surface area contributed by atoms with Gasteiger partial charge in [-0.15, -0.1) is 5.10 Å². The van der Waals surface area contributed by atoms with Gasteiger partial charge in [-0.3, -0.25) is 4.79 Å². The molecule has 3 N–H and O–H groups in total. The van der Waals surface area contributed by atoms with Crippen molar-refractivity contribution in [3.63, 3.8) is 0 Å². The molecule has 2 aliphatic rings. The van der Waals surface area contributed by atoms with Gasteiger partial charge >= 0.3 is 12.1 Å². The van der Waals surface area contributed by atoms with Crippen LogP contribution in [0, 0.1) is 5.92 Å². The van der Waals surface area contributed by atoms with Gasteiger partial charge in [-0.05, 0) is 78.6 Å². The number of nitrogens with two attached hydrogens (primary N) is 1. The first-order valence-corrected chi connectivity index (χ1v) is 13.4. The van der Waals surface area contributed by atoms with Crippen LogP contribution in [0.15, 0.2) is 42.6 Å². The van der Waals surface area contributed by atoms with Crippen molar-refractivity contribution in [2.45, 2.75) is 58.3 Å². The number of alkyl halides is 3. The summed E-state index contributed by atoms with van der Waals surface area (Å²) in [4.78, 5) is 31.1. The average molecular weight is 564 g/mol. The van der Waals surface area contributed by atoms with E-state index in [2.05, 4.69) is 10.1 Å². The molecule has 0 saturated heterocycles. The number of carboxylic acids is 1. The van der Waals surface area contributed by atoms with Gasteiger partial charge in [-0.1, -0.05) is 19.9 Å². The van der Waals surface area contributed by atoms with Crippen molar-refractivity contribution in [3.8, 4) is 22.4 Å². The van der Waals surface area contributed by atoms with Crippen LogP contribution >= 0.6 is 0 Å². The second-order valence-electron chi connectivity index (χ2n) is 11.2. The highest BCUT2D eigenvalue weighted by atomic mass is 19.4. The Kier molecular flexibility index (Phi) is 6.09. The highest BCUT2D eigenvalue weighted by Gasteiger charge is 2.44. The number of carbonyl (C=O) groups is 2. The van der Waals surface area contributed by atoms with E-state index in [0.717, 1.165) is 18.9 Å². The Morgan fingerprint density at radius 1 is 1.07 bits per heavy atom. The summed E-state index contributed by atoms with van der Waals surface area (Å²) in [5.74, 6) is -1.26. The summed E-state index contributed by atoms with van der Waals surface area (Å²) in [5.41, 5.74) is 7.94. The average Bonchev–Trinajstić information content (AvgIpc) is 3.64. The smallest absolute Gasteiger partial charge is 0.417 e. The minimum absolute atomic E-state index is 0.0928. The van der Waals surface area contributed by atoms with Crippen LogP contribution in [-0.2, 0) is 12.7 Å². The topological polar surface area (TPSA) is 114 Å². The molecular weight excluding hydrogens is 535 g/mol. The number of benzene rings is 2. The Balaban J connectivity index is 1.48. The summed E-state index contributed by atoms with van der Waals surface area (Å²) in [6, 6.07) is 8.87. The van der Waals surface area contributed by atoms with Gasteiger partial charge in [-0.2, -0.15) is 13.2 Å². The molecule has 4 aromatic rings. The highest BCUT2D eigenvalue weighted by Crippen LogP contribution is 2.43. The monoisotopic (exact) mass is 563 g/mol. The van der Waals surface area contributed by atoms with Crippen LogP contribution in [-0.4, -0.2) is 42.5 Å². The lowest BCUT2D eigenvalue weighted by atomic mass is 9.93. The quantitative estimate of drug-likeness (QED) is 0.287. The molecule has 0 spiro atoms. The van der Waals surface area contributed by atoms with E-state index in [1.165, 1.54) is 10.6 Å². The largest absolute Gasteiger partial charge is 0.478 e. The van der Waals surface area contributed by atoms with E-state index >= 15 is 0 Å². The van der Waals surface area contributed by atoms with Crippen LogP contribution < -0.4 is 5.73 Å². The first-order chi connectivity index (χ1) is 19.3. The molecule has 2 aromatic heterocycles. The van der Waals surface area contributed by atoms with Gasteiger partial charge in [0, 0.05) is 24.3 Å². The number of carboxylic acid groups (broad SMARTS) is 1. The van der Waals surface area contributed by atoms with Crippen LogP contribution in [0.5, 0.6) is 0 Å². The Morgan fingerprint density at radius 2 is 1.80 bits per heavy atom. The van der Waals surface area contributed by atoms with Crippen molar-refractivity contribution in [1.82, 2.24) is 19.5 Å². The third kappa shape index (κ3) is 4.49. The van der Waals surface area contributed by atoms with E-state index in [1.54, 1.807) is 35.4 Å². The molecule has 6 rings (SSSR count). The Morgan fingerprint density at radius 3 is 2.44 bits per heavy atom. The number of nitrogen functional groups attached to an aromatic ring is 1. The fourth-order valence-corrected chi connectivity index (χ4v) is 5.79. The zero-order valence-corrected chi connectivity index (χ0v) is 22.7. The molecule has 41 heavy (non-hydrogen) atoms. The van der Waals surface area contributed by atoms with Gasteiger partial charge in [0.15, 0.2) is 11.5 Å². The number of halogens is 3. The third-order valence-corrected chi connectivity index (χ3v) is 8.14. The summed E-state index contributed by atoms with van der Waals surface area (Å²) < 4.78 is 44.3. The zero-order valence-electron chi connectivity index (χ0n) is 22.7. The van der Waals surface area contributed by atoms with Crippen LogP contribution in [0.2, 0.25) is 0 Å². The number of anilines is 1. The minimum atomic E-state index is -4.73. The number of hydrogen-bond acceptors (Lipinski definition) is 5. The maximum absolute atomic E-state index is 14.3. The molecule has 1 atom stereocenters. The van der Waals surface area contributed by atoms with Crippen molar-refractivity contribution in [2.75, 3.05) is 5.73 Å². The fourth-order valence-electron chi connectivity index (χ4n) is 5.79. The van der Waals surface area contributed by atoms with E-state index in [1.807, 2.05) is 20.8 Å². The van der Waals surface area contributed by atoms with Gasteiger partial charge in [0.05, 0.1) is 27.9 Å². The standard InChI is InChI=1S/C30H28F3N5O3/c1-14(2)21-11-17(6-7-20(21)29(40)41)25-26(34)36-38-9-8-23(35-27(25)38)18-10-19-13-37(15(3)16-4-5-16)28(39)24(19)22(12-18)30(31,32)33/h6-12,14-16H,4-5,13H2,1-3H3,(H2,34,36)(H,40,41)/t15-/m0/s1. The Labute approximate surface area is 233 Å². The summed E-state index contributed by atoms with van der Waals surface area (Å²) in [6.45, 7) is 5.77. The predicted octanol–water partition coefficient (Wildman–Crippen LogP) is 6.24. The normalized spacial score (nSPS) is 16.1. The number of aromatic carboxylic acids is 1. The molecule has 1 aliphatic heterocycles. The molecule has 8 nitrogen and oxygen atoms in total. The molecule has 1 fully saturated rings. The van der Waals surface area contributed by atoms with E-state index in [-0.39, 0.29) is 46.7 Å². The first-order valence-electron chi connectivity index (χ1n) is 13.4. The van der Waals surface area contributed by atoms with Crippen LogP contribution in [0.3, 0.4) is 0 Å². The van der Waals surface area contributed by atoms with Gasteiger partial charge in [-0.25, -0.2) is 14.3 Å². The molecule has 1 aliphatic carbocycles. The Bertz CT molecular complexity index is 1740. The lowest BCUT2D eigenvalue weighted by Gasteiger charge is -2.24. The van der Waals surface area contributed by atoms with Crippen LogP contribution in [0.4, 0.5) is 19.0 Å². The van der Waals surface area contributed by atoms with Gasteiger partial charge in [0.2, 0.25) is 0 Å². The van der Waals surface area contributed by atoms with Crippen molar-refractivity contribution in [1.29, 1.82) is 0 Å². The molecule has 0 bridgehead atoms. The number of carbonyl (C=O) groups excluding carboxylic acids is 1. The van der Waals surface area contributed by atoms with Gasteiger partial charge in [0.1, 0.15) is 0 Å². The van der Waals surface area contributed by atoms with Gasteiger partial charge in [0.25, 0.3) is 5.91 Å². The summed E-state index contributed by atoms with van der Waals surface area (Å²) >= 11 is 0. The van der Waals surface area contributed by atoms with E-state index in [4.69, 9.17) is 5.73 Å². The SMILES string of the molecule is CC(C)c1cc(-c2c(N)nn3ccc(-c4cc5c(c(C(F)(F)F)c4)C(=O)N([C@@H](C)C4CC4)C5)nc23)ccc1C(=O)O. The summed E-state index contributed by atoms with van der Waals surface area (Å²) in [6.07, 6.45) is -1.22. The molecule has 212 valence electrons. The van der Waals surface area contributed by atoms with Crippen LogP contribution in [0.1, 0.15) is 76.9 Å². The Hall–Kier alpha value is -4.41. The third-order valence-electron chi connectivity index (χ3n) is 8.14. The number of nitrogens with zero attached hydrogens (tertiary/aromatic N) is 4. The van der Waals surface area contributed by atoms with E-state index < -0.39 is 23.6 Å². The highest BCUT2D eigenvalue weighted by molar-refractivity contribution is 6.01. The molecule has 1 saturated carbocycles. The van der Waals surface area contributed by atoms with Crippen molar-refractivity contribution in [2.24, 2.45) is 5.92 Å². The lowest BCUT2D eigenvalue weighted by Crippen LogP contribution is -2.35. The van der Waals surface area contributed by atoms with Crippen molar-refractivity contribution >= 4 is 23.3 Å². The molecule has 11 heteroatoms. The molecule has 3 heterocycles. The second kappa shape index (κ2) is 9.32. The number of aromatic nitrogens is 3. The minimum Gasteiger partial charge on any atom is -0.478 e. The van der Waals surface area contributed by atoms with Gasteiger partial charge < -0.3 is 15.7 Å². The molecule has 1 amide bonds. The molecular formula is C30H28F3N5O3. The molecule has 0 unspecified atom stereocenters. The van der Waals surface area contributed by atoms with E-state index in [0.29, 0.717) is 33.8 Å². The predicted molar refractivity (Wildman–Crippen MR) is 146 cm³/mol.